The van der Waals surface area contributed by atoms with Gasteiger partial charge in [-0.05, 0) is 55.7 Å². The second kappa shape index (κ2) is 6.66. The Morgan fingerprint density at radius 1 is 1.45 bits per heavy atom. The third-order valence-corrected chi connectivity index (χ3v) is 3.83. The molecule has 0 aliphatic heterocycles. The topological polar surface area (TPSA) is 49.3 Å². The number of carbonyl (C=O) groups excluding carboxylic acids is 1. The van der Waals surface area contributed by atoms with E-state index in [0.29, 0.717) is 30.7 Å². The summed E-state index contributed by atoms with van der Waals surface area (Å²) in [4.78, 5) is 11.1. The van der Waals surface area contributed by atoms with Gasteiger partial charge in [-0.1, -0.05) is 23.8 Å². The van der Waals surface area contributed by atoms with Gasteiger partial charge in [-0.25, -0.2) is 9.87 Å². The lowest BCUT2D eigenvalue weighted by molar-refractivity contribution is -0.129. The Bertz CT molecular complexity index is 521. The number of rotatable bonds is 6. The summed E-state index contributed by atoms with van der Waals surface area (Å²) in [5.41, 5.74) is 4.57. The first-order chi connectivity index (χ1) is 9.61. The van der Waals surface area contributed by atoms with Gasteiger partial charge in [0.25, 0.3) is 0 Å². The van der Waals surface area contributed by atoms with Gasteiger partial charge in [0.1, 0.15) is 5.82 Å². The van der Waals surface area contributed by atoms with Gasteiger partial charge in [-0.15, -0.1) is 0 Å². The minimum Gasteiger partial charge on any atom is -0.289 e. The maximum Gasteiger partial charge on any atom is 0.243 e. The van der Waals surface area contributed by atoms with E-state index in [0.717, 1.165) is 18.4 Å². The second-order valence-corrected chi connectivity index (χ2v) is 5.32. The smallest absolute Gasteiger partial charge is 0.243 e. The fraction of sp³-hybridized carbons (Fsp3) is 0.438. The average Bonchev–Trinajstić information content (AvgIpc) is 3.27. The van der Waals surface area contributed by atoms with Crippen LogP contribution in [0.2, 0.25) is 0 Å². The van der Waals surface area contributed by atoms with Gasteiger partial charge < -0.3 is 0 Å². The van der Waals surface area contributed by atoms with Crippen molar-refractivity contribution in [3.63, 3.8) is 0 Å². The van der Waals surface area contributed by atoms with Crippen molar-refractivity contribution in [1.29, 1.82) is 0 Å². The fourth-order valence-electron chi connectivity index (χ4n) is 2.36. The molecule has 4 heteroatoms. The lowest BCUT2D eigenvalue weighted by Crippen LogP contribution is -2.18. The van der Waals surface area contributed by atoms with Crippen LogP contribution in [0, 0.1) is 18.7 Å². The largest absolute Gasteiger partial charge is 0.289 e. The van der Waals surface area contributed by atoms with Crippen LogP contribution in [0.25, 0.3) is 0 Å². The monoisotopic (exact) mass is 277 g/mol. The van der Waals surface area contributed by atoms with E-state index in [1.165, 1.54) is 11.6 Å². The number of nitrogens with one attached hydrogen (secondary N) is 1. The molecule has 0 aromatic heterocycles. The number of allylic oxidation sites excluding steroid dienone is 2. The molecule has 0 spiro atoms. The highest BCUT2D eigenvalue weighted by Gasteiger charge is 2.25. The maximum absolute atomic E-state index is 13.5. The summed E-state index contributed by atoms with van der Waals surface area (Å²) in [6.07, 6.45) is 6.08. The second-order valence-electron chi connectivity index (χ2n) is 5.32. The Morgan fingerprint density at radius 2 is 2.20 bits per heavy atom. The van der Waals surface area contributed by atoms with Gasteiger partial charge >= 0.3 is 0 Å². The Morgan fingerprint density at radius 3 is 2.85 bits per heavy atom. The first-order valence-electron chi connectivity index (χ1n) is 6.97. The normalized spacial score (nSPS) is 15.2. The van der Waals surface area contributed by atoms with Crippen LogP contribution < -0.4 is 5.48 Å². The van der Waals surface area contributed by atoms with Crippen molar-refractivity contribution < 1.29 is 14.4 Å². The van der Waals surface area contributed by atoms with Crippen LogP contribution in [-0.4, -0.2) is 11.1 Å². The molecular weight excluding hydrogens is 257 g/mol. The molecular formula is C16H20FNO2. The van der Waals surface area contributed by atoms with Gasteiger partial charge in [0.2, 0.25) is 5.91 Å². The van der Waals surface area contributed by atoms with Gasteiger partial charge in [0, 0.05) is 6.42 Å². The molecule has 1 amide bonds. The van der Waals surface area contributed by atoms with Crippen LogP contribution in [0.1, 0.15) is 36.8 Å². The van der Waals surface area contributed by atoms with E-state index >= 15 is 0 Å². The van der Waals surface area contributed by atoms with Crippen LogP contribution >= 0.6 is 0 Å². The number of hydrogen-bond donors (Lipinski definition) is 2. The van der Waals surface area contributed by atoms with Crippen molar-refractivity contribution in [1.82, 2.24) is 5.48 Å². The Labute approximate surface area is 118 Å². The van der Waals surface area contributed by atoms with Crippen LogP contribution in [0.15, 0.2) is 29.8 Å². The van der Waals surface area contributed by atoms with Gasteiger partial charge in [-0.3, -0.25) is 10.0 Å². The Kier molecular flexibility index (Phi) is 4.90. The zero-order valence-electron chi connectivity index (χ0n) is 11.7. The predicted octanol–water partition coefficient (Wildman–Crippen LogP) is 3.30. The summed E-state index contributed by atoms with van der Waals surface area (Å²) in [6.45, 7) is 1.79. The minimum atomic E-state index is -0.363. The zero-order chi connectivity index (χ0) is 14.5. The van der Waals surface area contributed by atoms with Crippen LogP contribution in [0.4, 0.5) is 4.39 Å². The first kappa shape index (κ1) is 14.7. The highest BCUT2D eigenvalue weighted by molar-refractivity contribution is 5.74. The summed E-state index contributed by atoms with van der Waals surface area (Å²) in [5, 5.41) is 8.52. The van der Waals surface area contributed by atoms with Crippen LogP contribution in [-0.2, 0) is 11.2 Å². The fourth-order valence-corrected chi connectivity index (χ4v) is 2.36. The molecule has 0 bridgehead atoms. The van der Waals surface area contributed by atoms with Crippen LogP contribution in [0.3, 0.4) is 0 Å². The third-order valence-electron chi connectivity index (χ3n) is 3.83. The molecule has 1 aromatic carbocycles. The summed E-state index contributed by atoms with van der Waals surface area (Å²) in [5.74, 6) is 0.0253. The first-order valence-corrected chi connectivity index (χ1v) is 6.97. The molecule has 1 fully saturated rings. The van der Waals surface area contributed by atoms with E-state index in [1.807, 2.05) is 6.07 Å². The summed E-state index contributed by atoms with van der Waals surface area (Å²) in [7, 11) is 0. The highest BCUT2D eigenvalue weighted by Crippen LogP contribution is 2.38. The molecule has 0 unspecified atom stereocenters. The lowest BCUT2D eigenvalue weighted by atomic mass is 9.99. The lowest BCUT2D eigenvalue weighted by Gasteiger charge is -2.08. The number of hydrogen-bond acceptors (Lipinski definition) is 2. The molecule has 1 aromatic rings. The Balaban J connectivity index is 2.02. The van der Waals surface area contributed by atoms with Crippen molar-refractivity contribution in [2.24, 2.45) is 5.92 Å². The van der Waals surface area contributed by atoms with E-state index < -0.39 is 0 Å². The van der Waals surface area contributed by atoms with E-state index in [1.54, 1.807) is 18.5 Å². The van der Waals surface area contributed by atoms with Crippen molar-refractivity contribution in [3.8, 4) is 0 Å². The molecule has 0 heterocycles. The highest BCUT2D eigenvalue weighted by atomic mass is 19.1. The van der Waals surface area contributed by atoms with Crippen molar-refractivity contribution in [3.05, 3.63) is 46.8 Å². The maximum atomic E-state index is 13.5. The third kappa shape index (κ3) is 3.90. The molecule has 1 aliphatic rings. The minimum absolute atomic E-state index is 0.177. The van der Waals surface area contributed by atoms with Gasteiger partial charge in [-0.2, -0.15) is 0 Å². The molecule has 0 atom stereocenters. The number of amides is 1. The zero-order valence-corrected chi connectivity index (χ0v) is 11.7. The van der Waals surface area contributed by atoms with E-state index in [-0.39, 0.29) is 11.7 Å². The molecule has 20 heavy (non-hydrogen) atoms. The number of hydroxylamine groups is 1. The van der Waals surface area contributed by atoms with E-state index in [9.17, 15) is 9.18 Å². The Hall–Kier alpha value is -1.68. The quantitative estimate of drug-likeness (QED) is 0.476. The van der Waals surface area contributed by atoms with Crippen LogP contribution in [0.5, 0.6) is 0 Å². The summed E-state index contributed by atoms with van der Waals surface area (Å²) < 4.78 is 13.5. The average molecular weight is 277 g/mol. The molecule has 108 valence electrons. The van der Waals surface area contributed by atoms with Gasteiger partial charge in [0.15, 0.2) is 0 Å². The number of halogens is 1. The molecule has 2 rings (SSSR count). The molecule has 1 saturated carbocycles. The summed E-state index contributed by atoms with van der Waals surface area (Å²) in [6, 6.07) is 5.12. The molecule has 3 nitrogen and oxygen atoms in total. The molecule has 2 N–H and O–H groups in total. The number of benzene rings is 1. The van der Waals surface area contributed by atoms with Crippen molar-refractivity contribution in [2.45, 2.75) is 39.0 Å². The molecule has 1 aliphatic carbocycles. The van der Waals surface area contributed by atoms with E-state index in [2.05, 4.69) is 6.08 Å². The predicted molar refractivity (Wildman–Crippen MR) is 74.8 cm³/mol. The van der Waals surface area contributed by atoms with Crippen molar-refractivity contribution in [2.75, 3.05) is 0 Å². The molecule has 0 radical (unpaired) electrons. The number of carbonyl (C=O) groups is 1. The van der Waals surface area contributed by atoms with Crippen molar-refractivity contribution >= 4 is 5.91 Å². The SMILES string of the molecule is Cc1c(F)cccc1C/C=C(\CCC(=O)NO)C1CC1. The van der Waals surface area contributed by atoms with E-state index in [4.69, 9.17) is 5.21 Å². The summed E-state index contributed by atoms with van der Waals surface area (Å²) >= 11 is 0. The standard InChI is InChI=1S/C16H20FNO2/c1-11-12(3-2-4-15(11)17)5-6-14(13-7-8-13)9-10-16(19)18-20/h2-4,6,13,20H,5,7-10H2,1H3,(H,18,19)/b14-6+. The molecule has 0 saturated heterocycles. The van der Waals surface area contributed by atoms with Gasteiger partial charge in [0.05, 0.1) is 0 Å².